The molecule has 2 heterocycles. The molecule has 1 amide bonds. The fourth-order valence-corrected chi connectivity index (χ4v) is 2.22. The van der Waals surface area contributed by atoms with Crippen LogP contribution in [0, 0.1) is 6.92 Å². The van der Waals surface area contributed by atoms with Gasteiger partial charge in [-0.3, -0.25) is 9.78 Å². The van der Waals surface area contributed by atoms with Crippen molar-refractivity contribution in [3.63, 3.8) is 0 Å². The van der Waals surface area contributed by atoms with E-state index >= 15 is 0 Å². The molecule has 2 aromatic rings. The van der Waals surface area contributed by atoms with Crippen molar-refractivity contribution >= 4 is 33.3 Å². The summed E-state index contributed by atoms with van der Waals surface area (Å²) < 4.78 is 0.880. The average molecular weight is 335 g/mol. The molecule has 2 aromatic heterocycles. The molecule has 0 aliphatic heterocycles. The van der Waals surface area contributed by atoms with Crippen molar-refractivity contribution in [2.45, 2.75) is 13.8 Å². The van der Waals surface area contributed by atoms with Crippen molar-refractivity contribution in [1.29, 1.82) is 0 Å². The molecule has 0 aliphatic rings. The van der Waals surface area contributed by atoms with Crippen LogP contribution >= 0.6 is 15.9 Å². The van der Waals surface area contributed by atoms with Crippen LogP contribution in [-0.4, -0.2) is 22.4 Å². The molecule has 0 unspecified atom stereocenters. The smallest absolute Gasteiger partial charge is 0.259 e. The van der Waals surface area contributed by atoms with E-state index in [4.69, 9.17) is 0 Å². The van der Waals surface area contributed by atoms with E-state index in [1.165, 1.54) is 0 Å². The molecule has 0 aromatic carbocycles. The zero-order chi connectivity index (χ0) is 14.5. The van der Waals surface area contributed by atoms with Crippen LogP contribution in [0.5, 0.6) is 0 Å². The second-order valence-corrected chi connectivity index (χ2v) is 5.14. The van der Waals surface area contributed by atoms with Crippen LogP contribution in [0.25, 0.3) is 0 Å². The number of carbonyl (C=O) groups excluding carboxylic acids is 1. The minimum absolute atomic E-state index is 0.207. The highest BCUT2D eigenvalue weighted by atomic mass is 79.9. The number of aromatic nitrogens is 2. The Labute approximate surface area is 126 Å². The van der Waals surface area contributed by atoms with E-state index in [1.807, 2.05) is 19.9 Å². The number of anilines is 2. The second kappa shape index (κ2) is 6.47. The summed E-state index contributed by atoms with van der Waals surface area (Å²) in [6, 6.07) is 3.59. The molecule has 0 fully saturated rings. The quantitative estimate of drug-likeness (QED) is 0.900. The molecule has 2 N–H and O–H groups in total. The summed E-state index contributed by atoms with van der Waals surface area (Å²) >= 11 is 3.35. The number of amides is 1. The molecule has 0 bridgehead atoms. The maximum atomic E-state index is 12.3. The first-order valence-corrected chi connectivity index (χ1v) is 7.02. The molecular formula is C14H15BrN4O. The van der Waals surface area contributed by atoms with E-state index in [-0.39, 0.29) is 5.91 Å². The summed E-state index contributed by atoms with van der Waals surface area (Å²) in [7, 11) is 0. The first-order chi connectivity index (χ1) is 9.61. The molecule has 0 spiro atoms. The summed E-state index contributed by atoms with van der Waals surface area (Å²) in [4.78, 5) is 20.5. The van der Waals surface area contributed by atoms with Crippen LogP contribution < -0.4 is 10.6 Å². The van der Waals surface area contributed by atoms with Gasteiger partial charge in [-0.1, -0.05) is 0 Å². The SMILES string of the molecule is CCNc1cnccc1C(=O)Nc1ncc(Br)cc1C. The molecule has 20 heavy (non-hydrogen) atoms. The van der Waals surface area contributed by atoms with Gasteiger partial charge in [0.2, 0.25) is 0 Å². The largest absolute Gasteiger partial charge is 0.383 e. The van der Waals surface area contributed by atoms with Gasteiger partial charge in [0.1, 0.15) is 5.82 Å². The van der Waals surface area contributed by atoms with Crippen LogP contribution in [0.4, 0.5) is 11.5 Å². The predicted molar refractivity (Wildman–Crippen MR) is 83.0 cm³/mol. The molecule has 0 radical (unpaired) electrons. The van der Waals surface area contributed by atoms with Crippen molar-refractivity contribution in [1.82, 2.24) is 9.97 Å². The highest BCUT2D eigenvalue weighted by Crippen LogP contribution is 2.19. The maximum Gasteiger partial charge on any atom is 0.259 e. The zero-order valence-electron chi connectivity index (χ0n) is 11.3. The first kappa shape index (κ1) is 14.5. The molecule has 0 saturated carbocycles. The number of hydrogen-bond donors (Lipinski definition) is 2. The highest BCUT2D eigenvalue weighted by molar-refractivity contribution is 9.10. The van der Waals surface area contributed by atoms with Gasteiger partial charge >= 0.3 is 0 Å². The van der Waals surface area contributed by atoms with Gasteiger partial charge < -0.3 is 10.6 Å². The third kappa shape index (κ3) is 3.33. The van der Waals surface area contributed by atoms with Crippen LogP contribution in [-0.2, 0) is 0 Å². The number of halogens is 1. The summed E-state index contributed by atoms with van der Waals surface area (Å²) in [5.41, 5.74) is 2.15. The van der Waals surface area contributed by atoms with Gasteiger partial charge in [0.15, 0.2) is 0 Å². The standard InChI is InChI=1S/C14H15BrN4O/c1-3-17-12-8-16-5-4-11(12)14(20)19-13-9(2)6-10(15)7-18-13/h4-8,17H,3H2,1-2H3,(H,18,19,20). The lowest BCUT2D eigenvalue weighted by atomic mass is 10.2. The Balaban J connectivity index is 2.24. The van der Waals surface area contributed by atoms with E-state index < -0.39 is 0 Å². The molecule has 0 atom stereocenters. The lowest BCUT2D eigenvalue weighted by molar-refractivity contribution is 0.102. The van der Waals surface area contributed by atoms with E-state index in [0.29, 0.717) is 17.1 Å². The Morgan fingerprint density at radius 1 is 1.40 bits per heavy atom. The number of carbonyl (C=O) groups is 1. The van der Waals surface area contributed by atoms with Crippen molar-refractivity contribution in [2.75, 3.05) is 17.2 Å². The van der Waals surface area contributed by atoms with E-state index in [0.717, 1.165) is 16.6 Å². The number of rotatable bonds is 4. The number of aryl methyl sites for hydroxylation is 1. The topological polar surface area (TPSA) is 66.9 Å². The van der Waals surface area contributed by atoms with Crippen LogP contribution in [0.1, 0.15) is 22.8 Å². The molecule has 5 nitrogen and oxygen atoms in total. The molecular weight excluding hydrogens is 320 g/mol. The van der Waals surface area contributed by atoms with Crippen molar-refractivity contribution in [3.05, 3.63) is 46.3 Å². The summed E-state index contributed by atoms with van der Waals surface area (Å²) in [5, 5.41) is 5.93. The van der Waals surface area contributed by atoms with Gasteiger partial charge in [0.05, 0.1) is 17.4 Å². The van der Waals surface area contributed by atoms with E-state index in [1.54, 1.807) is 24.7 Å². The summed E-state index contributed by atoms with van der Waals surface area (Å²) in [6.45, 7) is 4.59. The maximum absolute atomic E-state index is 12.3. The van der Waals surface area contributed by atoms with Crippen molar-refractivity contribution in [3.8, 4) is 0 Å². The number of pyridine rings is 2. The third-order valence-electron chi connectivity index (χ3n) is 2.71. The number of nitrogens with zero attached hydrogens (tertiary/aromatic N) is 2. The molecule has 6 heteroatoms. The lowest BCUT2D eigenvalue weighted by Crippen LogP contribution is -2.16. The fourth-order valence-electron chi connectivity index (χ4n) is 1.77. The first-order valence-electron chi connectivity index (χ1n) is 6.23. The molecule has 0 aliphatic carbocycles. The van der Waals surface area contributed by atoms with Crippen molar-refractivity contribution in [2.24, 2.45) is 0 Å². The Hall–Kier alpha value is -1.95. The number of hydrogen-bond acceptors (Lipinski definition) is 4. The van der Waals surface area contributed by atoms with Gasteiger partial charge in [0.25, 0.3) is 5.91 Å². The predicted octanol–water partition coefficient (Wildman–Crippen LogP) is 3.23. The van der Waals surface area contributed by atoms with Crippen LogP contribution in [0.3, 0.4) is 0 Å². The fraction of sp³-hybridized carbons (Fsp3) is 0.214. The number of nitrogens with one attached hydrogen (secondary N) is 2. The third-order valence-corrected chi connectivity index (χ3v) is 3.14. The summed E-state index contributed by atoms with van der Waals surface area (Å²) in [6.07, 6.45) is 4.89. The Kier molecular flexibility index (Phi) is 4.68. The summed E-state index contributed by atoms with van der Waals surface area (Å²) in [5.74, 6) is 0.346. The minimum atomic E-state index is -0.207. The van der Waals surface area contributed by atoms with Gasteiger partial charge in [-0.2, -0.15) is 0 Å². The zero-order valence-corrected chi connectivity index (χ0v) is 12.9. The monoisotopic (exact) mass is 334 g/mol. The Bertz CT molecular complexity index is 630. The average Bonchev–Trinajstić information content (AvgIpc) is 2.43. The second-order valence-electron chi connectivity index (χ2n) is 4.22. The van der Waals surface area contributed by atoms with Gasteiger partial charge in [-0.25, -0.2) is 4.98 Å². The van der Waals surface area contributed by atoms with E-state index in [2.05, 4.69) is 36.5 Å². The van der Waals surface area contributed by atoms with Crippen LogP contribution in [0.15, 0.2) is 35.2 Å². The van der Waals surface area contributed by atoms with Gasteiger partial charge in [-0.15, -0.1) is 0 Å². The van der Waals surface area contributed by atoms with Crippen molar-refractivity contribution < 1.29 is 4.79 Å². The minimum Gasteiger partial charge on any atom is -0.383 e. The molecule has 104 valence electrons. The van der Waals surface area contributed by atoms with Crippen LogP contribution in [0.2, 0.25) is 0 Å². The normalized spacial score (nSPS) is 10.2. The Morgan fingerprint density at radius 2 is 2.20 bits per heavy atom. The van der Waals surface area contributed by atoms with Gasteiger partial charge in [0, 0.05) is 23.4 Å². The molecule has 0 saturated heterocycles. The highest BCUT2D eigenvalue weighted by Gasteiger charge is 2.13. The molecule has 2 rings (SSSR count). The lowest BCUT2D eigenvalue weighted by Gasteiger charge is -2.11. The van der Waals surface area contributed by atoms with Gasteiger partial charge in [-0.05, 0) is 47.5 Å². The van der Waals surface area contributed by atoms with E-state index in [9.17, 15) is 4.79 Å². The Morgan fingerprint density at radius 3 is 2.90 bits per heavy atom.